The minimum atomic E-state index is 0.0442. The van der Waals surface area contributed by atoms with Gasteiger partial charge in [0.25, 0.3) is 0 Å². The van der Waals surface area contributed by atoms with Gasteiger partial charge in [-0.3, -0.25) is 0 Å². The molecule has 1 heterocycles. The molecule has 2 rings (SSSR count). The van der Waals surface area contributed by atoms with E-state index in [9.17, 15) is 0 Å². The molecule has 1 saturated heterocycles. The van der Waals surface area contributed by atoms with Gasteiger partial charge < -0.3 is 4.74 Å². The lowest BCUT2D eigenvalue weighted by atomic mass is 9.62. The summed E-state index contributed by atoms with van der Waals surface area (Å²) in [4.78, 5) is 0. The smallest absolute Gasteiger partial charge is 0.0667 e. The van der Waals surface area contributed by atoms with E-state index in [1.165, 1.54) is 12.8 Å². The van der Waals surface area contributed by atoms with Crippen LogP contribution in [0.4, 0.5) is 0 Å². The summed E-state index contributed by atoms with van der Waals surface area (Å²) in [6.45, 7) is 13.8. The van der Waals surface area contributed by atoms with Crippen LogP contribution in [0.5, 0.6) is 0 Å². The first-order valence-corrected chi connectivity index (χ1v) is 6.64. The van der Waals surface area contributed by atoms with Crippen molar-refractivity contribution in [3.8, 4) is 0 Å². The van der Waals surface area contributed by atoms with Crippen LogP contribution in [0, 0.1) is 17.3 Å². The fraction of sp³-hybridized carbons (Fsp3) is 0.867. The molecule has 1 aliphatic heterocycles. The second kappa shape index (κ2) is 3.60. The third-order valence-corrected chi connectivity index (χ3v) is 5.03. The Morgan fingerprint density at radius 1 is 1.31 bits per heavy atom. The third-order valence-electron chi connectivity index (χ3n) is 5.03. The quantitative estimate of drug-likeness (QED) is 0.605. The van der Waals surface area contributed by atoms with Crippen molar-refractivity contribution in [2.45, 2.75) is 66.1 Å². The maximum absolute atomic E-state index is 6.19. The van der Waals surface area contributed by atoms with Crippen LogP contribution in [0.1, 0.15) is 54.4 Å². The number of hydrogen-bond acceptors (Lipinski definition) is 1. The number of allylic oxidation sites excluding steroid dienone is 2. The molecule has 0 aromatic rings. The minimum Gasteiger partial charge on any atom is -0.372 e. The molecular formula is C15H26O. The van der Waals surface area contributed by atoms with Crippen LogP contribution in [0.2, 0.25) is 0 Å². The molecule has 1 heteroatoms. The monoisotopic (exact) mass is 222 g/mol. The van der Waals surface area contributed by atoms with Crippen molar-refractivity contribution in [2.75, 3.05) is 0 Å². The lowest BCUT2D eigenvalue weighted by Gasteiger charge is -2.40. The highest BCUT2D eigenvalue weighted by Crippen LogP contribution is 2.56. The van der Waals surface area contributed by atoms with E-state index in [1.54, 1.807) is 5.57 Å². The average Bonchev–Trinajstić information content (AvgIpc) is 2.33. The number of fused-ring (bicyclic) bond motifs is 1. The fourth-order valence-electron chi connectivity index (χ4n) is 3.68. The molecule has 1 nitrogen and oxygen atoms in total. The summed E-state index contributed by atoms with van der Waals surface area (Å²) in [5.41, 5.74) is 2.03. The third kappa shape index (κ3) is 1.64. The Labute approximate surface area is 100 Å². The van der Waals surface area contributed by atoms with Gasteiger partial charge >= 0.3 is 0 Å². The van der Waals surface area contributed by atoms with Crippen LogP contribution < -0.4 is 0 Å². The van der Waals surface area contributed by atoms with E-state index in [0.29, 0.717) is 23.4 Å². The van der Waals surface area contributed by atoms with Gasteiger partial charge in [0, 0.05) is 5.41 Å². The summed E-state index contributed by atoms with van der Waals surface area (Å²) >= 11 is 0. The van der Waals surface area contributed by atoms with E-state index in [-0.39, 0.29) is 5.60 Å². The Kier molecular flexibility index (Phi) is 2.73. The van der Waals surface area contributed by atoms with Crippen molar-refractivity contribution in [3.63, 3.8) is 0 Å². The van der Waals surface area contributed by atoms with Crippen molar-refractivity contribution in [3.05, 3.63) is 11.6 Å². The molecule has 0 bridgehead atoms. The van der Waals surface area contributed by atoms with E-state index < -0.39 is 0 Å². The van der Waals surface area contributed by atoms with Crippen molar-refractivity contribution >= 4 is 0 Å². The highest BCUT2D eigenvalue weighted by molar-refractivity contribution is 5.19. The molecule has 92 valence electrons. The zero-order valence-corrected chi connectivity index (χ0v) is 11.6. The Morgan fingerprint density at radius 3 is 2.50 bits per heavy atom. The van der Waals surface area contributed by atoms with E-state index >= 15 is 0 Å². The van der Waals surface area contributed by atoms with Gasteiger partial charge in [0.15, 0.2) is 0 Å². The first-order valence-electron chi connectivity index (χ1n) is 6.64. The summed E-state index contributed by atoms with van der Waals surface area (Å²) < 4.78 is 6.19. The summed E-state index contributed by atoms with van der Waals surface area (Å²) in [5, 5.41) is 0. The lowest BCUT2D eigenvalue weighted by molar-refractivity contribution is -0.0283. The number of hydrogen-bond donors (Lipinski definition) is 0. The maximum atomic E-state index is 6.19. The van der Waals surface area contributed by atoms with E-state index in [0.717, 1.165) is 0 Å². The molecule has 0 amide bonds. The van der Waals surface area contributed by atoms with Gasteiger partial charge in [0.1, 0.15) is 0 Å². The molecule has 1 aliphatic carbocycles. The van der Waals surface area contributed by atoms with Crippen LogP contribution >= 0.6 is 0 Å². The van der Waals surface area contributed by atoms with Crippen molar-refractivity contribution in [1.29, 1.82) is 0 Å². The molecule has 0 aromatic carbocycles. The topological polar surface area (TPSA) is 9.23 Å². The Balaban J connectivity index is 2.32. The SMILES string of the molecule is CC(C)C1=CC[C@@]2(C)[C@H](C)OC(C)(C)[C@@H]2C1. The van der Waals surface area contributed by atoms with Crippen LogP contribution in [-0.4, -0.2) is 11.7 Å². The molecule has 0 unspecified atom stereocenters. The van der Waals surface area contributed by atoms with Gasteiger partial charge in [-0.1, -0.05) is 32.4 Å². The predicted octanol–water partition coefficient (Wildman–Crippen LogP) is 4.18. The van der Waals surface area contributed by atoms with Gasteiger partial charge in [-0.2, -0.15) is 0 Å². The van der Waals surface area contributed by atoms with Gasteiger partial charge in [-0.25, -0.2) is 0 Å². The molecule has 1 fully saturated rings. The molecule has 0 N–H and O–H groups in total. The summed E-state index contributed by atoms with van der Waals surface area (Å²) in [6, 6.07) is 0. The summed E-state index contributed by atoms with van der Waals surface area (Å²) in [6.07, 6.45) is 5.28. The summed E-state index contributed by atoms with van der Waals surface area (Å²) in [7, 11) is 0. The van der Waals surface area contributed by atoms with Crippen LogP contribution in [0.3, 0.4) is 0 Å². The number of ether oxygens (including phenoxy) is 1. The summed E-state index contributed by atoms with van der Waals surface area (Å²) in [5.74, 6) is 1.37. The molecule has 0 spiro atoms. The zero-order valence-electron chi connectivity index (χ0n) is 11.6. The molecule has 2 aliphatic rings. The van der Waals surface area contributed by atoms with E-state index in [4.69, 9.17) is 4.74 Å². The fourth-order valence-corrected chi connectivity index (χ4v) is 3.68. The Morgan fingerprint density at radius 2 is 1.94 bits per heavy atom. The van der Waals surface area contributed by atoms with E-state index in [1.807, 2.05) is 0 Å². The van der Waals surface area contributed by atoms with Gasteiger partial charge in [-0.15, -0.1) is 0 Å². The standard InChI is InChI=1S/C15H26O/c1-10(2)12-7-8-15(6)11(3)16-14(4,5)13(15)9-12/h7,10-11,13H,8-9H2,1-6H3/t11-,13-,15-/m0/s1. The molecule has 0 aromatic heterocycles. The average molecular weight is 222 g/mol. The van der Waals surface area contributed by atoms with Crippen LogP contribution in [0.25, 0.3) is 0 Å². The predicted molar refractivity (Wildman–Crippen MR) is 68.4 cm³/mol. The van der Waals surface area contributed by atoms with Crippen LogP contribution in [-0.2, 0) is 4.74 Å². The van der Waals surface area contributed by atoms with Gasteiger partial charge in [0.2, 0.25) is 0 Å². The Bertz CT molecular complexity index is 313. The molecule has 0 saturated carbocycles. The Hall–Kier alpha value is -0.300. The lowest BCUT2D eigenvalue weighted by Crippen LogP contribution is -2.39. The zero-order chi connectivity index (χ0) is 12.1. The van der Waals surface area contributed by atoms with Crippen LogP contribution in [0.15, 0.2) is 11.6 Å². The number of rotatable bonds is 1. The molecule has 0 radical (unpaired) electrons. The van der Waals surface area contributed by atoms with Gasteiger partial charge in [-0.05, 0) is 45.4 Å². The van der Waals surface area contributed by atoms with Crippen molar-refractivity contribution in [2.24, 2.45) is 17.3 Å². The minimum absolute atomic E-state index is 0.0442. The highest BCUT2D eigenvalue weighted by atomic mass is 16.5. The molecular weight excluding hydrogens is 196 g/mol. The van der Waals surface area contributed by atoms with E-state index in [2.05, 4.69) is 47.6 Å². The van der Waals surface area contributed by atoms with Crippen molar-refractivity contribution in [1.82, 2.24) is 0 Å². The second-order valence-electron chi connectivity index (χ2n) is 6.76. The first kappa shape index (κ1) is 12.2. The van der Waals surface area contributed by atoms with Crippen molar-refractivity contribution < 1.29 is 4.74 Å². The molecule has 3 atom stereocenters. The normalized spacial score (nSPS) is 42.1. The largest absolute Gasteiger partial charge is 0.372 e. The second-order valence-corrected chi connectivity index (χ2v) is 6.76. The maximum Gasteiger partial charge on any atom is 0.0667 e. The highest BCUT2D eigenvalue weighted by Gasteiger charge is 2.55. The first-order chi connectivity index (χ1) is 7.27. The molecule has 16 heavy (non-hydrogen) atoms. The van der Waals surface area contributed by atoms with Gasteiger partial charge in [0.05, 0.1) is 11.7 Å².